The smallest absolute Gasteiger partial charge is 0.325 e. The highest BCUT2D eigenvalue weighted by Crippen LogP contribution is 2.19. The SMILES string of the molecule is COC(=O)Cn1c(=NC(=O)c2ccc(F)cc2Cl)sc2ccccc21. The maximum Gasteiger partial charge on any atom is 0.325 e. The third kappa shape index (κ3) is 3.62. The maximum absolute atomic E-state index is 13.1. The van der Waals surface area contributed by atoms with Crippen LogP contribution >= 0.6 is 22.9 Å². The van der Waals surface area contributed by atoms with Crippen LogP contribution in [-0.4, -0.2) is 23.6 Å². The van der Waals surface area contributed by atoms with Gasteiger partial charge < -0.3 is 9.30 Å². The number of carbonyl (C=O) groups is 2. The summed E-state index contributed by atoms with van der Waals surface area (Å²) < 4.78 is 20.3. The van der Waals surface area contributed by atoms with Crippen LogP contribution in [-0.2, 0) is 16.1 Å². The molecule has 0 spiro atoms. The highest BCUT2D eigenvalue weighted by Gasteiger charge is 2.14. The van der Waals surface area contributed by atoms with Crippen molar-refractivity contribution in [2.75, 3.05) is 7.11 Å². The molecule has 0 N–H and O–H groups in total. The number of halogens is 2. The third-order valence-corrected chi connectivity index (χ3v) is 4.83. The molecule has 0 atom stereocenters. The van der Waals surface area contributed by atoms with E-state index in [0.717, 1.165) is 22.3 Å². The van der Waals surface area contributed by atoms with Crippen molar-refractivity contribution in [3.8, 4) is 0 Å². The second kappa shape index (κ2) is 7.16. The normalized spacial score (nSPS) is 11.7. The fourth-order valence-electron chi connectivity index (χ4n) is 2.26. The van der Waals surface area contributed by atoms with Gasteiger partial charge in [-0.25, -0.2) is 4.39 Å². The minimum Gasteiger partial charge on any atom is -0.468 e. The standard InChI is InChI=1S/C17H12ClFN2O3S/c1-24-15(22)9-21-13-4-2-3-5-14(13)25-17(21)20-16(23)11-7-6-10(19)8-12(11)18/h2-8H,9H2,1H3. The minimum atomic E-state index is -0.616. The van der Waals surface area contributed by atoms with Crippen LogP contribution in [0.1, 0.15) is 10.4 Å². The largest absolute Gasteiger partial charge is 0.468 e. The molecule has 2 aromatic carbocycles. The van der Waals surface area contributed by atoms with Gasteiger partial charge >= 0.3 is 5.97 Å². The highest BCUT2D eigenvalue weighted by atomic mass is 35.5. The van der Waals surface area contributed by atoms with E-state index >= 15 is 0 Å². The van der Waals surface area contributed by atoms with Gasteiger partial charge in [-0.15, -0.1) is 0 Å². The topological polar surface area (TPSA) is 60.7 Å². The number of para-hydroxylation sites is 1. The second-order valence-corrected chi connectivity index (χ2v) is 6.47. The lowest BCUT2D eigenvalue weighted by Gasteiger charge is -2.03. The molecule has 0 aliphatic carbocycles. The monoisotopic (exact) mass is 378 g/mol. The van der Waals surface area contributed by atoms with Gasteiger partial charge in [-0.2, -0.15) is 4.99 Å². The van der Waals surface area contributed by atoms with Crippen LogP contribution in [0.4, 0.5) is 4.39 Å². The zero-order valence-electron chi connectivity index (χ0n) is 13.0. The van der Waals surface area contributed by atoms with Crippen LogP contribution < -0.4 is 4.80 Å². The molecule has 3 rings (SSSR count). The molecule has 0 fully saturated rings. The lowest BCUT2D eigenvalue weighted by molar-refractivity contribution is -0.141. The minimum absolute atomic E-state index is 0.0191. The number of thiazole rings is 1. The Hall–Kier alpha value is -2.51. The van der Waals surface area contributed by atoms with E-state index in [9.17, 15) is 14.0 Å². The maximum atomic E-state index is 13.1. The number of hydrogen-bond donors (Lipinski definition) is 0. The fraction of sp³-hybridized carbons (Fsp3) is 0.118. The summed E-state index contributed by atoms with van der Waals surface area (Å²) in [6.07, 6.45) is 0. The van der Waals surface area contributed by atoms with E-state index in [1.54, 1.807) is 4.57 Å². The van der Waals surface area contributed by atoms with Crippen molar-refractivity contribution in [3.63, 3.8) is 0 Å². The predicted molar refractivity (Wildman–Crippen MR) is 93.1 cm³/mol. The molecule has 0 bridgehead atoms. The van der Waals surface area contributed by atoms with Gasteiger partial charge in [-0.1, -0.05) is 35.1 Å². The van der Waals surface area contributed by atoms with Gasteiger partial charge in [0.1, 0.15) is 12.4 Å². The van der Waals surface area contributed by atoms with Gasteiger partial charge in [0.2, 0.25) is 0 Å². The fourth-order valence-corrected chi connectivity index (χ4v) is 3.54. The van der Waals surface area contributed by atoms with E-state index in [4.69, 9.17) is 16.3 Å². The summed E-state index contributed by atoms with van der Waals surface area (Å²) in [4.78, 5) is 28.5. The lowest BCUT2D eigenvalue weighted by atomic mass is 10.2. The number of esters is 1. The first kappa shape index (κ1) is 17.3. The summed E-state index contributed by atoms with van der Waals surface area (Å²) in [5, 5.41) is -0.0191. The first-order valence-corrected chi connectivity index (χ1v) is 8.38. The molecule has 0 radical (unpaired) electrons. The number of aromatic nitrogens is 1. The van der Waals surface area contributed by atoms with Crippen molar-refractivity contribution in [3.05, 3.63) is 63.7 Å². The first-order chi connectivity index (χ1) is 12.0. The summed E-state index contributed by atoms with van der Waals surface area (Å²) in [6, 6.07) is 10.8. The van der Waals surface area contributed by atoms with Gasteiger partial charge in [-0.05, 0) is 30.3 Å². The first-order valence-electron chi connectivity index (χ1n) is 7.19. The van der Waals surface area contributed by atoms with Crippen LogP contribution in [0.3, 0.4) is 0 Å². The van der Waals surface area contributed by atoms with Gasteiger partial charge in [0.05, 0.1) is 27.9 Å². The number of benzene rings is 2. The zero-order valence-corrected chi connectivity index (χ0v) is 14.6. The molecule has 0 saturated heterocycles. The Balaban J connectivity index is 2.13. The van der Waals surface area contributed by atoms with E-state index in [-0.39, 0.29) is 17.1 Å². The Kier molecular flexibility index (Phi) is 4.96. The number of carbonyl (C=O) groups excluding carboxylic acids is 2. The van der Waals surface area contributed by atoms with Gasteiger partial charge in [0.25, 0.3) is 5.91 Å². The quantitative estimate of drug-likeness (QED) is 0.656. The summed E-state index contributed by atoms with van der Waals surface area (Å²) >= 11 is 7.18. The Morgan fingerprint density at radius 1 is 1.28 bits per heavy atom. The summed E-state index contributed by atoms with van der Waals surface area (Å²) in [6.45, 7) is -0.0796. The molecule has 1 heterocycles. The number of nitrogens with zero attached hydrogens (tertiary/aromatic N) is 2. The lowest BCUT2D eigenvalue weighted by Crippen LogP contribution is -2.22. The Labute approximate surface area is 151 Å². The summed E-state index contributed by atoms with van der Waals surface area (Å²) in [5.41, 5.74) is 0.847. The zero-order chi connectivity index (χ0) is 18.0. The molecule has 0 unspecified atom stereocenters. The van der Waals surface area contributed by atoms with Crippen LogP contribution in [0, 0.1) is 5.82 Å². The van der Waals surface area contributed by atoms with Gasteiger partial charge in [0, 0.05) is 0 Å². The van der Waals surface area contributed by atoms with Gasteiger partial charge in [0.15, 0.2) is 4.80 Å². The van der Waals surface area contributed by atoms with Crippen LogP contribution in [0.2, 0.25) is 5.02 Å². The average molecular weight is 379 g/mol. The van der Waals surface area contributed by atoms with E-state index < -0.39 is 17.7 Å². The average Bonchev–Trinajstić information content (AvgIpc) is 2.92. The van der Waals surface area contributed by atoms with Crippen LogP contribution in [0.5, 0.6) is 0 Å². The molecule has 25 heavy (non-hydrogen) atoms. The van der Waals surface area contributed by atoms with E-state index in [1.807, 2.05) is 24.3 Å². The summed E-state index contributed by atoms with van der Waals surface area (Å²) in [7, 11) is 1.29. The van der Waals surface area contributed by atoms with Crippen LogP contribution in [0.15, 0.2) is 47.5 Å². The van der Waals surface area contributed by atoms with Crippen LogP contribution in [0.25, 0.3) is 10.2 Å². The van der Waals surface area contributed by atoms with Crippen molar-refractivity contribution in [2.24, 2.45) is 4.99 Å². The number of methoxy groups -OCH3 is 1. The van der Waals surface area contributed by atoms with E-state index in [1.165, 1.54) is 24.5 Å². The molecule has 0 aliphatic heterocycles. The van der Waals surface area contributed by atoms with E-state index in [0.29, 0.717) is 4.80 Å². The Bertz CT molecular complexity index is 1040. The summed E-state index contributed by atoms with van der Waals surface area (Å²) in [5.74, 6) is -1.61. The van der Waals surface area contributed by atoms with Crippen molar-refractivity contribution >= 4 is 45.0 Å². The van der Waals surface area contributed by atoms with Crippen molar-refractivity contribution in [1.29, 1.82) is 0 Å². The Morgan fingerprint density at radius 3 is 2.76 bits per heavy atom. The number of amides is 1. The molecule has 1 amide bonds. The molecule has 5 nitrogen and oxygen atoms in total. The highest BCUT2D eigenvalue weighted by molar-refractivity contribution is 7.16. The number of rotatable bonds is 3. The molecular formula is C17H12ClFN2O3S. The molecule has 0 saturated carbocycles. The van der Waals surface area contributed by atoms with Crippen molar-refractivity contribution < 1.29 is 18.7 Å². The van der Waals surface area contributed by atoms with E-state index in [2.05, 4.69) is 4.99 Å². The molecule has 128 valence electrons. The Morgan fingerprint density at radius 2 is 2.04 bits per heavy atom. The molecule has 8 heteroatoms. The number of fused-ring (bicyclic) bond motifs is 1. The molecular weight excluding hydrogens is 367 g/mol. The number of hydrogen-bond acceptors (Lipinski definition) is 4. The second-order valence-electron chi connectivity index (χ2n) is 5.06. The van der Waals surface area contributed by atoms with Gasteiger partial charge in [-0.3, -0.25) is 9.59 Å². The van der Waals surface area contributed by atoms with Crippen molar-refractivity contribution in [1.82, 2.24) is 4.57 Å². The van der Waals surface area contributed by atoms with Crippen molar-refractivity contribution in [2.45, 2.75) is 6.54 Å². The third-order valence-electron chi connectivity index (χ3n) is 3.46. The number of ether oxygens (including phenoxy) is 1. The molecule has 1 aromatic heterocycles. The predicted octanol–water partition coefficient (Wildman–Crippen LogP) is 3.41. The molecule has 0 aliphatic rings. The molecule has 3 aromatic rings.